The summed E-state index contributed by atoms with van der Waals surface area (Å²) in [6.45, 7) is 3.74. The summed E-state index contributed by atoms with van der Waals surface area (Å²) in [5.41, 5.74) is 2.35. The Morgan fingerprint density at radius 1 is 1.33 bits per heavy atom. The molecule has 2 atom stereocenters. The van der Waals surface area contributed by atoms with E-state index in [4.69, 9.17) is 0 Å². The summed E-state index contributed by atoms with van der Waals surface area (Å²) < 4.78 is 13.8. The topological polar surface area (TPSA) is 32.3 Å². The van der Waals surface area contributed by atoms with E-state index in [0.717, 1.165) is 37.5 Å². The van der Waals surface area contributed by atoms with Gasteiger partial charge in [0, 0.05) is 26.4 Å². The van der Waals surface area contributed by atoms with Crippen LogP contribution >= 0.6 is 0 Å². The predicted octanol–water partition coefficient (Wildman–Crippen LogP) is 3.93. The third kappa shape index (κ3) is 2.75. The number of amides is 1. The molecule has 1 aromatic rings. The smallest absolute Gasteiger partial charge is 0.217 e. The van der Waals surface area contributed by atoms with Gasteiger partial charge in [0.15, 0.2) is 0 Å². The van der Waals surface area contributed by atoms with Crippen molar-refractivity contribution in [2.45, 2.75) is 69.4 Å². The first-order valence-electron chi connectivity index (χ1n) is 9.38. The van der Waals surface area contributed by atoms with Crippen LogP contribution in [-0.4, -0.2) is 29.9 Å². The van der Waals surface area contributed by atoms with Crippen molar-refractivity contribution in [3.63, 3.8) is 0 Å². The van der Waals surface area contributed by atoms with E-state index in [1.807, 2.05) is 6.07 Å². The van der Waals surface area contributed by atoms with Crippen LogP contribution in [0.4, 0.5) is 4.39 Å². The Hall–Kier alpha value is -1.42. The van der Waals surface area contributed by atoms with Gasteiger partial charge in [-0.25, -0.2) is 4.39 Å². The maximum absolute atomic E-state index is 13.8. The standard InChI is InChI=1S/C20H27FN2O.H2/c1-14(24)22-19-12-20(18-8-7-15(21)11-17(18)19)9-10-23(13-20)16-5-3-2-4-6-16;/h7-8,11,16,19H,2-6,9-10,12-13H2,1H3,(H,22,24);1H/t19-,20?;/m0./s1. The molecule has 1 saturated heterocycles. The number of fused-ring (bicyclic) bond motifs is 2. The van der Waals surface area contributed by atoms with Crippen molar-refractivity contribution in [3.8, 4) is 0 Å². The molecule has 2 aliphatic carbocycles. The highest BCUT2D eigenvalue weighted by Crippen LogP contribution is 2.51. The minimum absolute atomic E-state index is 0. The van der Waals surface area contributed by atoms with Crippen LogP contribution < -0.4 is 5.32 Å². The number of benzene rings is 1. The van der Waals surface area contributed by atoms with Gasteiger partial charge in [0.1, 0.15) is 5.82 Å². The zero-order valence-electron chi connectivity index (χ0n) is 14.5. The van der Waals surface area contributed by atoms with Gasteiger partial charge in [-0.1, -0.05) is 25.3 Å². The van der Waals surface area contributed by atoms with Crippen LogP contribution in [0.3, 0.4) is 0 Å². The number of halogens is 1. The molecule has 1 spiro atoms. The highest BCUT2D eigenvalue weighted by Gasteiger charge is 2.49. The SMILES string of the molecule is CC(=O)N[C@H]1CC2(CCN(C3CCCCC3)C2)c2ccc(F)cc21.[HH]. The minimum atomic E-state index is -0.205. The first kappa shape index (κ1) is 16.1. The molecule has 1 amide bonds. The van der Waals surface area contributed by atoms with Gasteiger partial charge >= 0.3 is 0 Å². The average Bonchev–Trinajstić information content (AvgIpc) is 3.11. The second-order valence-corrected chi connectivity index (χ2v) is 7.98. The van der Waals surface area contributed by atoms with E-state index in [2.05, 4.69) is 10.2 Å². The van der Waals surface area contributed by atoms with Crippen LogP contribution in [-0.2, 0) is 10.2 Å². The zero-order chi connectivity index (χ0) is 16.7. The number of hydrogen-bond acceptors (Lipinski definition) is 2. The lowest BCUT2D eigenvalue weighted by Crippen LogP contribution is -2.38. The molecule has 132 valence electrons. The van der Waals surface area contributed by atoms with E-state index in [1.165, 1.54) is 37.7 Å². The third-order valence-electron chi connectivity index (χ3n) is 6.41. The van der Waals surface area contributed by atoms with E-state index in [0.29, 0.717) is 0 Å². The number of rotatable bonds is 2. The molecule has 1 saturated carbocycles. The molecule has 0 radical (unpaired) electrons. The highest BCUT2D eigenvalue weighted by molar-refractivity contribution is 5.74. The maximum Gasteiger partial charge on any atom is 0.217 e. The lowest BCUT2D eigenvalue weighted by Gasteiger charge is -2.33. The molecule has 1 aromatic carbocycles. The van der Waals surface area contributed by atoms with Gasteiger partial charge in [0.05, 0.1) is 6.04 Å². The Labute approximate surface area is 145 Å². The molecule has 0 aromatic heterocycles. The van der Waals surface area contributed by atoms with Crippen molar-refractivity contribution in [2.75, 3.05) is 13.1 Å². The molecule has 4 heteroatoms. The fraction of sp³-hybridized carbons (Fsp3) is 0.650. The molecular formula is C20H29FN2O. The summed E-state index contributed by atoms with van der Waals surface area (Å²) in [6.07, 6.45) is 8.76. The average molecular weight is 332 g/mol. The number of nitrogens with zero attached hydrogens (tertiary/aromatic N) is 1. The normalized spacial score (nSPS) is 30.7. The molecule has 3 aliphatic rings. The van der Waals surface area contributed by atoms with Gasteiger partial charge in [-0.3, -0.25) is 9.69 Å². The molecule has 0 bridgehead atoms. The van der Waals surface area contributed by atoms with Crippen LogP contribution in [0.5, 0.6) is 0 Å². The highest BCUT2D eigenvalue weighted by atomic mass is 19.1. The summed E-state index contributed by atoms with van der Waals surface area (Å²) in [5.74, 6) is -0.238. The first-order valence-corrected chi connectivity index (χ1v) is 9.38. The number of carbonyl (C=O) groups excluding carboxylic acids is 1. The Morgan fingerprint density at radius 3 is 2.88 bits per heavy atom. The van der Waals surface area contributed by atoms with E-state index >= 15 is 0 Å². The summed E-state index contributed by atoms with van der Waals surface area (Å²) >= 11 is 0. The van der Waals surface area contributed by atoms with Crippen LogP contribution in [0.1, 0.15) is 70.5 Å². The van der Waals surface area contributed by atoms with Crippen molar-refractivity contribution < 1.29 is 10.6 Å². The van der Waals surface area contributed by atoms with E-state index in [-0.39, 0.29) is 24.6 Å². The second-order valence-electron chi connectivity index (χ2n) is 7.98. The van der Waals surface area contributed by atoms with Gasteiger partial charge in [0.2, 0.25) is 5.91 Å². The fourth-order valence-corrected chi connectivity index (χ4v) is 5.34. The molecule has 1 heterocycles. The van der Waals surface area contributed by atoms with Crippen molar-refractivity contribution in [1.82, 2.24) is 10.2 Å². The largest absolute Gasteiger partial charge is 0.349 e. The van der Waals surface area contributed by atoms with Crippen molar-refractivity contribution in [2.24, 2.45) is 0 Å². The molecule has 3 nitrogen and oxygen atoms in total. The Morgan fingerprint density at radius 2 is 2.12 bits per heavy atom. The van der Waals surface area contributed by atoms with Crippen LogP contribution in [0.2, 0.25) is 0 Å². The van der Waals surface area contributed by atoms with Gasteiger partial charge < -0.3 is 5.32 Å². The van der Waals surface area contributed by atoms with Gasteiger partial charge in [0.25, 0.3) is 0 Å². The molecule has 24 heavy (non-hydrogen) atoms. The predicted molar refractivity (Wildman–Crippen MR) is 94.4 cm³/mol. The Balaban J connectivity index is 0.00000182. The van der Waals surface area contributed by atoms with Crippen molar-refractivity contribution in [3.05, 3.63) is 35.1 Å². The number of nitrogens with one attached hydrogen (secondary N) is 1. The molecule has 4 rings (SSSR count). The minimum Gasteiger partial charge on any atom is -0.349 e. The van der Waals surface area contributed by atoms with Crippen LogP contribution in [0.15, 0.2) is 18.2 Å². The van der Waals surface area contributed by atoms with E-state index in [1.54, 1.807) is 19.1 Å². The van der Waals surface area contributed by atoms with Crippen LogP contribution in [0, 0.1) is 5.82 Å². The lowest BCUT2D eigenvalue weighted by atomic mass is 9.81. The number of hydrogen-bond donors (Lipinski definition) is 1. The lowest BCUT2D eigenvalue weighted by molar-refractivity contribution is -0.119. The summed E-state index contributed by atoms with van der Waals surface area (Å²) in [4.78, 5) is 14.3. The first-order chi connectivity index (χ1) is 11.6. The third-order valence-corrected chi connectivity index (χ3v) is 6.41. The van der Waals surface area contributed by atoms with Gasteiger partial charge in [-0.15, -0.1) is 0 Å². The fourth-order valence-electron chi connectivity index (χ4n) is 5.34. The maximum atomic E-state index is 13.8. The summed E-state index contributed by atoms with van der Waals surface area (Å²) in [7, 11) is 0. The zero-order valence-corrected chi connectivity index (χ0v) is 14.5. The quantitative estimate of drug-likeness (QED) is 0.890. The molecule has 1 aliphatic heterocycles. The monoisotopic (exact) mass is 332 g/mol. The van der Waals surface area contributed by atoms with Gasteiger partial charge in [-0.2, -0.15) is 0 Å². The van der Waals surface area contributed by atoms with Crippen LogP contribution in [0.25, 0.3) is 0 Å². The van der Waals surface area contributed by atoms with E-state index < -0.39 is 0 Å². The van der Waals surface area contributed by atoms with E-state index in [9.17, 15) is 9.18 Å². The van der Waals surface area contributed by atoms with Crippen molar-refractivity contribution in [1.29, 1.82) is 0 Å². The summed E-state index contributed by atoms with van der Waals surface area (Å²) in [6, 6.07) is 5.87. The van der Waals surface area contributed by atoms with Crippen molar-refractivity contribution >= 4 is 5.91 Å². The molecule has 2 fully saturated rings. The molecule has 1 unspecified atom stereocenters. The summed E-state index contributed by atoms with van der Waals surface area (Å²) in [5, 5.41) is 3.05. The molecular weight excluding hydrogens is 303 g/mol. The Kier molecular flexibility index (Phi) is 4.11. The second kappa shape index (κ2) is 6.14. The van der Waals surface area contributed by atoms with Gasteiger partial charge in [-0.05, 0) is 55.5 Å². The molecule has 1 N–H and O–H groups in total. The Bertz CT molecular complexity index is 647. The number of carbonyl (C=O) groups is 1. The number of likely N-dealkylation sites (tertiary alicyclic amines) is 1.